The molecule has 2 rings (SSSR count). The Bertz CT molecular complexity index is 567. The van der Waals surface area contributed by atoms with Crippen LogP contribution in [0.1, 0.15) is 36.2 Å². The van der Waals surface area contributed by atoms with E-state index in [9.17, 15) is 5.11 Å². The highest BCUT2D eigenvalue weighted by atomic mass is 79.9. The predicted molar refractivity (Wildman–Crippen MR) is 83.0 cm³/mol. The maximum Gasteiger partial charge on any atom is 0.0938 e. The Labute approximate surface area is 130 Å². The van der Waals surface area contributed by atoms with Crippen LogP contribution < -0.4 is 0 Å². The van der Waals surface area contributed by atoms with Gasteiger partial charge in [-0.2, -0.15) is 5.10 Å². The third kappa shape index (κ3) is 3.21. The van der Waals surface area contributed by atoms with E-state index >= 15 is 0 Å². The molecule has 1 unspecified atom stereocenters. The number of rotatable bonds is 5. The lowest BCUT2D eigenvalue weighted by Gasteiger charge is -2.10. The zero-order valence-corrected chi connectivity index (χ0v) is 14.0. The quantitative estimate of drug-likeness (QED) is 0.863. The van der Waals surface area contributed by atoms with Crippen molar-refractivity contribution in [2.24, 2.45) is 0 Å². The average molecular weight is 364 g/mol. The number of aromatic nitrogens is 2. The molecule has 19 heavy (non-hydrogen) atoms. The molecule has 0 aliphatic carbocycles. The van der Waals surface area contributed by atoms with Crippen molar-refractivity contribution < 1.29 is 5.11 Å². The number of nitrogens with zero attached hydrogens (tertiary/aromatic N) is 2. The first kappa shape index (κ1) is 15.0. The fourth-order valence-electron chi connectivity index (χ4n) is 2.00. The van der Waals surface area contributed by atoms with E-state index in [4.69, 9.17) is 11.6 Å². The van der Waals surface area contributed by atoms with Crippen molar-refractivity contribution in [3.63, 3.8) is 0 Å². The van der Waals surface area contributed by atoms with Gasteiger partial charge in [0.1, 0.15) is 0 Å². The zero-order valence-electron chi connectivity index (χ0n) is 10.9. The molecular formula is C13H16BrClN2OS. The SMILES string of the molecule is CCc1nn(CC)c(CC(O)c2ccc(Cl)s2)c1Br. The number of aryl methyl sites for hydroxylation is 2. The van der Waals surface area contributed by atoms with Gasteiger partial charge in [-0.1, -0.05) is 18.5 Å². The molecule has 0 radical (unpaired) electrons. The van der Waals surface area contributed by atoms with Crippen LogP contribution in [0.4, 0.5) is 0 Å². The zero-order chi connectivity index (χ0) is 14.0. The summed E-state index contributed by atoms with van der Waals surface area (Å²) in [7, 11) is 0. The fraction of sp³-hybridized carbons (Fsp3) is 0.462. The molecule has 0 spiro atoms. The molecule has 1 N–H and O–H groups in total. The molecule has 0 amide bonds. The summed E-state index contributed by atoms with van der Waals surface area (Å²) in [6, 6.07) is 3.69. The molecule has 0 saturated heterocycles. The third-order valence-corrected chi connectivity index (χ3v) is 5.25. The minimum Gasteiger partial charge on any atom is -0.387 e. The first-order valence-corrected chi connectivity index (χ1v) is 8.22. The van der Waals surface area contributed by atoms with Gasteiger partial charge in [-0.25, -0.2) is 0 Å². The van der Waals surface area contributed by atoms with Gasteiger partial charge >= 0.3 is 0 Å². The minimum atomic E-state index is -0.541. The largest absolute Gasteiger partial charge is 0.387 e. The normalized spacial score (nSPS) is 12.9. The Kier molecular flexibility index (Phi) is 5.06. The molecule has 0 aliphatic rings. The van der Waals surface area contributed by atoms with Crippen LogP contribution in [-0.4, -0.2) is 14.9 Å². The minimum absolute atomic E-state index is 0.540. The van der Waals surface area contributed by atoms with E-state index in [1.165, 1.54) is 11.3 Å². The maximum atomic E-state index is 10.3. The predicted octanol–water partition coefficient (Wildman–Crippen LogP) is 4.22. The second kappa shape index (κ2) is 6.39. The van der Waals surface area contributed by atoms with Crippen LogP contribution in [0.15, 0.2) is 16.6 Å². The monoisotopic (exact) mass is 362 g/mol. The van der Waals surface area contributed by atoms with Gasteiger partial charge in [-0.15, -0.1) is 11.3 Å². The number of hydrogen-bond donors (Lipinski definition) is 1. The van der Waals surface area contributed by atoms with Gasteiger partial charge in [-0.3, -0.25) is 4.68 Å². The molecule has 0 bridgehead atoms. The highest BCUT2D eigenvalue weighted by Crippen LogP contribution is 2.31. The Morgan fingerprint density at radius 3 is 2.74 bits per heavy atom. The summed E-state index contributed by atoms with van der Waals surface area (Å²) < 4.78 is 3.66. The molecule has 2 aromatic heterocycles. The standard InChI is InChI=1S/C13H16BrClN2OS/c1-3-8-13(14)9(17(4-2)16-8)7-10(18)11-5-6-12(15)19-11/h5-6,10,18H,3-4,7H2,1-2H3. The van der Waals surface area contributed by atoms with Gasteiger partial charge in [0.15, 0.2) is 0 Å². The number of hydrogen-bond acceptors (Lipinski definition) is 3. The first-order valence-electron chi connectivity index (χ1n) is 6.24. The molecule has 1 atom stereocenters. The highest BCUT2D eigenvalue weighted by Gasteiger charge is 2.19. The highest BCUT2D eigenvalue weighted by molar-refractivity contribution is 9.10. The van der Waals surface area contributed by atoms with Gasteiger partial charge in [0.25, 0.3) is 0 Å². The van der Waals surface area contributed by atoms with E-state index in [1.54, 1.807) is 0 Å². The van der Waals surface area contributed by atoms with Crippen molar-refractivity contribution in [3.8, 4) is 0 Å². The van der Waals surface area contributed by atoms with Crippen molar-refractivity contribution in [1.82, 2.24) is 9.78 Å². The summed E-state index contributed by atoms with van der Waals surface area (Å²) in [5.41, 5.74) is 2.07. The molecule has 104 valence electrons. The fourth-order valence-corrected chi connectivity index (χ4v) is 3.78. The Morgan fingerprint density at radius 1 is 1.47 bits per heavy atom. The molecule has 2 heterocycles. The molecule has 3 nitrogen and oxygen atoms in total. The lowest BCUT2D eigenvalue weighted by molar-refractivity contribution is 0.179. The molecule has 2 aromatic rings. The van der Waals surface area contributed by atoms with Crippen LogP contribution in [0, 0.1) is 0 Å². The van der Waals surface area contributed by atoms with Crippen LogP contribution in [0.3, 0.4) is 0 Å². The topological polar surface area (TPSA) is 38.0 Å². The molecule has 0 aliphatic heterocycles. The summed E-state index contributed by atoms with van der Waals surface area (Å²) >= 11 is 10.9. The summed E-state index contributed by atoms with van der Waals surface area (Å²) in [5.74, 6) is 0. The van der Waals surface area contributed by atoms with E-state index in [2.05, 4.69) is 34.9 Å². The van der Waals surface area contributed by atoms with Crippen molar-refractivity contribution in [3.05, 3.63) is 37.2 Å². The van der Waals surface area contributed by atoms with Crippen molar-refractivity contribution in [1.29, 1.82) is 0 Å². The molecule has 0 saturated carbocycles. The summed E-state index contributed by atoms with van der Waals surface area (Å²) in [6.07, 6.45) is 0.875. The van der Waals surface area contributed by atoms with E-state index in [0.717, 1.165) is 33.7 Å². The van der Waals surface area contributed by atoms with E-state index in [-0.39, 0.29) is 0 Å². The van der Waals surface area contributed by atoms with Gasteiger partial charge in [-0.05, 0) is 41.4 Å². The van der Waals surface area contributed by atoms with Crippen LogP contribution >= 0.6 is 38.9 Å². The molecule has 0 fully saturated rings. The molecule has 0 aromatic carbocycles. The Balaban J connectivity index is 2.25. The van der Waals surface area contributed by atoms with E-state index in [1.807, 2.05) is 16.8 Å². The van der Waals surface area contributed by atoms with E-state index in [0.29, 0.717) is 10.8 Å². The third-order valence-electron chi connectivity index (χ3n) is 3.00. The van der Waals surface area contributed by atoms with Crippen molar-refractivity contribution in [2.75, 3.05) is 0 Å². The Morgan fingerprint density at radius 2 is 2.21 bits per heavy atom. The second-order valence-corrected chi connectivity index (χ2v) is 6.78. The smallest absolute Gasteiger partial charge is 0.0938 e. The maximum absolute atomic E-state index is 10.3. The summed E-state index contributed by atoms with van der Waals surface area (Å²) in [6.45, 7) is 4.93. The second-order valence-electron chi connectivity index (χ2n) is 4.24. The number of halogens is 2. The van der Waals surface area contributed by atoms with E-state index < -0.39 is 6.10 Å². The van der Waals surface area contributed by atoms with Gasteiger partial charge in [0, 0.05) is 17.8 Å². The van der Waals surface area contributed by atoms with Crippen LogP contribution in [0.5, 0.6) is 0 Å². The first-order chi connectivity index (χ1) is 9.06. The molecular weight excluding hydrogens is 348 g/mol. The average Bonchev–Trinajstić information content (AvgIpc) is 2.95. The summed E-state index contributed by atoms with van der Waals surface area (Å²) in [5, 5.41) is 14.8. The van der Waals surface area contributed by atoms with Crippen LogP contribution in [0.25, 0.3) is 0 Å². The van der Waals surface area contributed by atoms with Gasteiger partial charge in [0.05, 0.1) is 26.3 Å². The lowest BCUT2D eigenvalue weighted by atomic mass is 10.1. The number of aliphatic hydroxyl groups is 1. The van der Waals surface area contributed by atoms with Gasteiger partial charge < -0.3 is 5.11 Å². The van der Waals surface area contributed by atoms with Crippen LogP contribution in [0.2, 0.25) is 4.34 Å². The lowest BCUT2D eigenvalue weighted by Crippen LogP contribution is -2.08. The van der Waals surface area contributed by atoms with Crippen molar-refractivity contribution in [2.45, 2.75) is 39.3 Å². The number of thiophene rings is 1. The Hall–Kier alpha value is -0.360. The van der Waals surface area contributed by atoms with Crippen LogP contribution in [-0.2, 0) is 19.4 Å². The van der Waals surface area contributed by atoms with Gasteiger partial charge in [0.2, 0.25) is 0 Å². The number of aliphatic hydroxyl groups excluding tert-OH is 1. The summed E-state index contributed by atoms with van der Waals surface area (Å²) in [4.78, 5) is 0.888. The van der Waals surface area contributed by atoms with Crippen molar-refractivity contribution >= 4 is 38.9 Å². The molecule has 6 heteroatoms.